The number of alkyl halides is 3. The lowest BCUT2D eigenvalue weighted by Gasteiger charge is -2.38. The fraction of sp³-hybridized carbons (Fsp3) is 0.500. The van der Waals surface area contributed by atoms with Gasteiger partial charge in [-0.3, -0.25) is 0 Å². The monoisotopic (exact) mass is 468 g/mol. The molecule has 0 radical (unpaired) electrons. The van der Waals surface area contributed by atoms with Crippen molar-refractivity contribution in [2.75, 3.05) is 0 Å². The lowest BCUT2D eigenvalue weighted by molar-refractivity contribution is -0.299. The minimum Gasteiger partial charge on any atom is -0.376 e. The Morgan fingerprint density at radius 2 is 1.84 bits per heavy atom. The molecule has 0 bridgehead atoms. The molecule has 0 aliphatic heterocycles. The van der Waals surface area contributed by atoms with E-state index in [1.54, 1.807) is 6.07 Å². The highest BCUT2D eigenvalue weighted by atomic mass is 127. The molecule has 1 atom stereocenters. The summed E-state index contributed by atoms with van der Waals surface area (Å²) in [5.74, 6) is 0. The van der Waals surface area contributed by atoms with Gasteiger partial charge < -0.3 is 5.11 Å². The Morgan fingerprint density at radius 1 is 1.32 bits per heavy atom. The van der Waals surface area contributed by atoms with E-state index in [1.165, 1.54) is 26.0 Å². The van der Waals surface area contributed by atoms with Crippen LogP contribution in [0.4, 0.5) is 13.2 Å². The highest BCUT2D eigenvalue weighted by molar-refractivity contribution is 14.2. The number of thiol groups is 1. The second-order valence-electron chi connectivity index (χ2n) is 5.07. The zero-order chi connectivity index (χ0) is 15.1. The van der Waals surface area contributed by atoms with Crippen LogP contribution in [0.15, 0.2) is 22.7 Å². The Labute approximate surface area is 136 Å². The first-order valence-electron chi connectivity index (χ1n) is 5.34. The average Bonchev–Trinajstić information content (AvgIpc) is 2.48. The van der Waals surface area contributed by atoms with Gasteiger partial charge in [-0.05, 0) is 50.9 Å². The Kier molecular flexibility index (Phi) is 5.30. The molecule has 1 aromatic carbocycles. The van der Waals surface area contributed by atoms with Crippen LogP contribution in [0.5, 0.6) is 0 Å². The average molecular weight is 469 g/mol. The molecule has 0 aromatic heterocycles. The molecular formula is C12H13BrF3IOS. The van der Waals surface area contributed by atoms with Crippen molar-refractivity contribution in [2.24, 2.45) is 5.41 Å². The molecule has 0 saturated heterocycles. The van der Waals surface area contributed by atoms with E-state index in [2.05, 4.69) is 25.7 Å². The van der Waals surface area contributed by atoms with E-state index in [0.29, 0.717) is 5.56 Å². The first kappa shape index (κ1) is 17.6. The third-order valence-corrected chi connectivity index (χ3v) is 3.97. The van der Waals surface area contributed by atoms with Crippen molar-refractivity contribution in [1.29, 1.82) is 0 Å². The van der Waals surface area contributed by atoms with Gasteiger partial charge in [-0.15, -0.1) is 9.80 Å². The van der Waals surface area contributed by atoms with E-state index >= 15 is 0 Å². The molecule has 0 heterocycles. The van der Waals surface area contributed by atoms with Crippen LogP contribution in [0.1, 0.15) is 25.0 Å². The van der Waals surface area contributed by atoms with Crippen LogP contribution in [0.25, 0.3) is 0 Å². The fourth-order valence-electron chi connectivity index (χ4n) is 2.57. The molecular weight excluding hydrogens is 456 g/mol. The van der Waals surface area contributed by atoms with Crippen molar-refractivity contribution < 1.29 is 18.3 Å². The lowest BCUT2D eigenvalue weighted by Crippen LogP contribution is -2.50. The number of fused-ring (bicyclic) bond motifs is 1. The minimum absolute atomic E-state index is 0.0294. The summed E-state index contributed by atoms with van der Waals surface area (Å²) in [7, 11) is 3.50. The maximum Gasteiger partial charge on any atom is 0.421 e. The van der Waals surface area contributed by atoms with Gasteiger partial charge in [0.25, 0.3) is 0 Å². The maximum atomic E-state index is 13.2. The smallest absolute Gasteiger partial charge is 0.376 e. The zero-order valence-electron chi connectivity index (χ0n) is 10.2. The van der Waals surface area contributed by atoms with E-state index in [1.807, 2.05) is 21.2 Å². The number of aliphatic hydroxyl groups is 1. The number of halogens is 5. The molecule has 0 fully saturated rings. The number of hydrogen-bond acceptors (Lipinski definition) is 2. The van der Waals surface area contributed by atoms with Crippen molar-refractivity contribution in [2.45, 2.75) is 32.0 Å². The number of rotatable bonds is 0. The van der Waals surface area contributed by atoms with Gasteiger partial charge >= 0.3 is 6.18 Å². The van der Waals surface area contributed by atoms with E-state index in [0.717, 1.165) is 4.47 Å². The van der Waals surface area contributed by atoms with Crippen LogP contribution in [0, 0.1) is 5.41 Å². The van der Waals surface area contributed by atoms with Gasteiger partial charge in [0.1, 0.15) is 0 Å². The van der Waals surface area contributed by atoms with Crippen molar-refractivity contribution in [3.05, 3.63) is 33.8 Å². The van der Waals surface area contributed by atoms with Crippen molar-refractivity contribution in [3.8, 4) is 0 Å². The van der Waals surface area contributed by atoms with E-state index in [9.17, 15) is 18.3 Å². The Hall–Kier alpha value is 0.530. The van der Waals surface area contributed by atoms with Crippen LogP contribution in [0.2, 0.25) is 0 Å². The van der Waals surface area contributed by atoms with E-state index < -0.39 is 17.2 Å². The molecule has 1 aliphatic carbocycles. The Balaban J connectivity index is 0.000000861. The first-order valence-corrected chi connectivity index (χ1v) is 9.37. The first-order chi connectivity index (χ1) is 8.59. The minimum atomic E-state index is -4.67. The molecule has 1 nitrogen and oxygen atoms in total. The zero-order valence-corrected chi connectivity index (χ0v) is 14.9. The molecule has 0 amide bonds. The summed E-state index contributed by atoms with van der Waals surface area (Å²) in [5, 5.41) is 10.2. The standard InChI is InChI=1S/C12H12BrF3O.HIS/c1-10(2)6-7-5-8(13)3-4-9(7)11(10,17)12(14,15)16;1-2/h3-5,17H,6H2,1-2H3;2H. The molecule has 0 saturated carbocycles. The van der Waals surface area contributed by atoms with Crippen LogP contribution >= 0.6 is 46.9 Å². The SMILES string of the molecule is CC1(C)Cc2cc(Br)ccc2C1(O)C(F)(F)F.SI. The van der Waals surface area contributed by atoms with Gasteiger partial charge in [-0.25, -0.2) is 0 Å². The third kappa shape index (κ3) is 2.80. The molecule has 1 aromatic rings. The molecule has 2 rings (SSSR count). The second-order valence-corrected chi connectivity index (χ2v) is 5.99. The highest BCUT2D eigenvalue weighted by Gasteiger charge is 2.66. The van der Waals surface area contributed by atoms with Gasteiger partial charge in [0, 0.05) is 9.89 Å². The van der Waals surface area contributed by atoms with Crippen LogP contribution in [0.3, 0.4) is 0 Å². The lowest BCUT2D eigenvalue weighted by atomic mass is 9.75. The predicted octanol–water partition coefficient (Wildman–Crippen LogP) is 5.05. The summed E-state index contributed by atoms with van der Waals surface area (Å²) in [5.41, 5.74) is -3.51. The molecule has 0 spiro atoms. The van der Waals surface area contributed by atoms with Crippen molar-refractivity contribution in [3.63, 3.8) is 0 Å². The van der Waals surface area contributed by atoms with Gasteiger partial charge in [-0.2, -0.15) is 13.2 Å². The van der Waals surface area contributed by atoms with Crippen LogP contribution < -0.4 is 0 Å². The predicted molar refractivity (Wildman–Crippen MR) is 84.6 cm³/mol. The van der Waals surface area contributed by atoms with E-state index in [-0.39, 0.29) is 12.0 Å². The summed E-state index contributed by atoms with van der Waals surface area (Å²) in [6, 6.07) is 4.51. The van der Waals surface area contributed by atoms with Gasteiger partial charge in [0.2, 0.25) is 0 Å². The van der Waals surface area contributed by atoms with Gasteiger partial charge in [0.05, 0.1) is 0 Å². The molecule has 1 N–H and O–H groups in total. The van der Waals surface area contributed by atoms with Crippen molar-refractivity contribution >= 4 is 46.9 Å². The summed E-state index contributed by atoms with van der Waals surface area (Å²) in [6.45, 7) is 2.88. The summed E-state index contributed by atoms with van der Waals surface area (Å²) in [4.78, 5) is 0. The maximum absolute atomic E-state index is 13.2. The summed E-state index contributed by atoms with van der Waals surface area (Å²) >= 11 is 5.07. The fourth-order valence-corrected chi connectivity index (χ4v) is 2.98. The Morgan fingerprint density at radius 3 is 2.32 bits per heavy atom. The second kappa shape index (κ2) is 5.73. The third-order valence-electron chi connectivity index (χ3n) is 3.48. The number of benzene rings is 1. The highest BCUT2D eigenvalue weighted by Crippen LogP contribution is 2.57. The molecule has 1 aliphatic rings. The Bertz CT molecular complexity index is 479. The summed E-state index contributed by atoms with van der Waals surface area (Å²) in [6.07, 6.45) is -4.46. The molecule has 108 valence electrons. The van der Waals surface area contributed by atoms with Crippen LogP contribution in [-0.2, 0) is 12.0 Å². The van der Waals surface area contributed by atoms with Gasteiger partial charge in [0.15, 0.2) is 5.60 Å². The van der Waals surface area contributed by atoms with Crippen molar-refractivity contribution in [1.82, 2.24) is 0 Å². The molecule has 1 unspecified atom stereocenters. The topological polar surface area (TPSA) is 20.2 Å². The molecule has 19 heavy (non-hydrogen) atoms. The largest absolute Gasteiger partial charge is 0.421 e. The number of hydrogen-bond donors (Lipinski definition) is 2. The van der Waals surface area contributed by atoms with Gasteiger partial charge in [-0.1, -0.05) is 35.8 Å². The normalized spacial score (nSPS) is 24.5. The van der Waals surface area contributed by atoms with Crippen LogP contribution in [-0.4, -0.2) is 11.3 Å². The quantitative estimate of drug-likeness (QED) is 0.403. The summed E-state index contributed by atoms with van der Waals surface area (Å²) < 4.78 is 40.2. The van der Waals surface area contributed by atoms with E-state index in [4.69, 9.17) is 0 Å². The molecule has 7 heteroatoms.